The van der Waals surface area contributed by atoms with E-state index < -0.39 is 25.7 Å². The number of anilines is 2. The van der Waals surface area contributed by atoms with Crippen LogP contribution in [0.1, 0.15) is 23.7 Å². The fourth-order valence-electron chi connectivity index (χ4n) is 0.855. The Morgan fingerprint density at radius 2 is 2.17 bits per heavy atom. The van der Waals surface area contributed by atoms with E-state index in [4.69, 9.17) is 16.7 Å². The molecule has 0 spiro atoms. The van der Waals surface area contributed by atoms with Crippen LogP contribution in [-0.4, -0.2) is 18.0 Å². The molecule has 1 aliphatic rings. The van der Waals surface area contributed by atoms with Crippen LogP contribution in [0.3, 0.4) is 0 Å². The van der Waals surface area contributed by atoms with Crippen LogP contribution in [0.15, 0.2) is 18.3 Å². The number of nitrogens with zero attached hydrogens (tertiary/aromatic N) is 2. The molecule has 12 heavy (non-hydrogen) atoms. The maximum Gasteiger partial charge on any atom is 0.123 e. The molecule has 3 heteroatoms. The van der Waals surface area contributed by atoms with Gasteiger partial charge in [-0.25, -0.2) is 4.98 Å². The second-order valence-electron chi connectivity index (χ2n) is 2.25. The molecule has 3 nitrogen and oxygen atoms in total. The maximum absolute atomic E-state index is 7.83. The zero-order valence-corrected chi connectivity index (χ0v) is 6.20. The molecule has 1 saturated heterocycles. The summed E-state index contributed by atoms with van der Waals surface area (Å²) in [6, 6.07) is 2.58. The molecule has 0 unspecified atom stereocenters. The molecule has 0 bridgehead atoms. The standard InChI is InChI=1S/C9H13N3/c10-9-4-3-8(7-11-9)12-5-1-2-6-12/h3-4,7H,1-2,5-6H2,(H2,10,11)/i1D2,2D2,5D2,6D2. The van der Waals surface area contributed by atoms with Crippen molar-refractivity contribution in [2.75, 3.05) is 23.6 Å². The molecule has 64 valence electrons. The molecule has 1 aliphatic heterocycles. The number of pyridine rings is 1. The number of nitrogen functional groups attached to an aromatic ring is 1. The van der Waals surface area contributed by atoms with Gasteiger partial charge in [0.05, 0.1) is 11.9 Å². The molecule has 0 amide bonds. The van der Waals surface area contributed by atoms with Crippen molar-refractivity contribution in [3.63, 3.8) is 0 Å². The van der Waals surface area contributed by atoms with Crippen molar-refractivity contribution in [1.82, 2.24) is 4.98 Å². The summed E-state index contributed by atoms with van der Waals surface area (Å²) in [5.74, 6) is 0.139. The number of rotatable bonds is 1. The average Bonchev–Trinajstić information content (AvgIpc) is 2.36. The van der Waals surface area contributed by atoms with Crippen molar-refractivity contribution in [2.45, 2.75) is 12.7 Å². The third kappa shape index (κ3) is 1.35. The van der Waals surface area contributed by atoms with Crippen molar-refractivity contribution in [1.29, 1.82) is 0 Å². The van der Waals surface area contributed by atoms with Crippen LogP contribution >= 0.6 is 0 Å². The van der Waals surface area contributed by atoms with Crippen molar-refractivity contribution in [2.24, 2.45) is 0 Å². The normalized spacial score (nSPS) is 43.5. The number of nitrogens with two attached hydrogens (primary N) is 1. The van der Waals surface area contributed by atoms with E-state index in [1.165, 1.54) is 12.1 Å². The Hall–Kier alpha value is -1.25. The van der Waals surface area contributed by atoms with Gasteiger partial charge in [0.1, 0.15) is 5.82 Å². The highest BCUT2D eigenvalue weighted by Crippen LogP contribution is 2.18. The summed E-state index contributed by atoms with van der Waals surface area (Å²) in [5.41, 5.74) is 5.32. The predicted molar refractivity (Wildman–Crippen MR) is 50.1 cm³/mol. The zero-order valence-electron chi connectivity index (χ0n) is 14.2. The van der Waals surface area contributed by atoms with Crippen molar-refractivity contribution in [3.05, 3.63) is 18.3 Å². The van der Waals surface area contributed by atoms with Crippen LogP contribution in [-0.2, 0) is 0 Å². The molecular weight excluding hydrogens is 150 g/mol. The lowest BCUT2D eigenvalue weighted by molar-refractivity contribution is 0.949. The first-order valence-electron chi connectivity index (χ1n) is 7.39. The quantitative estimate of drug-likeness (QED) is 0.691. The smallest absolute Gasteiger partial charge is 0.123 e. The first-order chi connectivity index (χ1) is 8.87. The Kier molecular flexibility index (Phi) is 0.657. The van der Waals surface area contributed by atoms with Gasteiger partial charge >= 0.3 is 0 Å². The summed E-state index contributed by atoms with van der Waals surface area (Å²) in [5, 5.41) is 0. The highest BCUT2D eigenvalue weighted by Gasteiger charge is 2.11. The zero-order chi connectivity index (χ0) is 15.6. The van der Waals surface area contributed by atoms with E-state index >= 15 is 0 Å². The largest absolute Gasteiger partial charge is 0.384 e. The molecule has 0 aromatic carbocycles. The second-order valence-corrected chi connectivity index (χ2v) is 2.25. The average molecular weight is 171 g/mol. The molecule has 1 aromatic heterocycles. The van der Waals surface area contributed by atoms with Gasteiger partial charge in [0.2, 0.25) is 0 Å². The van der Waals surface area contributed by atoms with E-state index in [1.807, 2.05) is 0 Å². The molecule has 2 rings (SSSR count). The first-order valence-corrected chi connectivity index (χ1v) is 3.39. The maximum atomic E-state index is 7.83. The molecule has 0 radical (unpaired) electrons. The van der Waals surface area contributed by atoms with Gasteiger partial charge in [-0.2, -0.15) is 0 Å². The van der Waals surface area contributed by atoms with E-state index in [2.05, 4.69) is 4.98 Å². The van der Waals surface area contributed by atoms with E-state index in [0.29, 0.717) is 4.90 Å². The third-order valence-corrected chi connectivity index (χ3v) is 1.43. The van der Waals surface area contributed by atoms with E-state index in [-0.39, 0.29) is 11.5 Å². The van der Waals surface area contributed by atoms with Gasteiger partial charge in [-0.15, -0.1) is 0 Å². The van der Waals surface area contributed by atoms with Gasteiger partial charge < -0.3 is 10.6 Å². The molecule has 2 N–H and O–H groups in total. The molecule has 1 aromatic rings. The first kappa shape index (κ1) is 2.62. The van der Waals surface area contributed by atoms with Crippen LogP contribution in [0, 0.1) is 0 Å². The van der Waals surface area contributed by atoms with Gasteiger partial charge in [-0.1, -0.05) is 0 Å². The second kappa shape index (κ2) is 3.01. The lowest BCUT2D eigenvalue weighted by Gasteiger charge is -2.16. The number of hydrogen-bond acceptors (Lipinski definition) is 3. The molecular formula is C9H13N3. The summed E-state index contributed by atoms with van der Waals surface area (Å²) in [7, 11) is 0. The number of hydrogen-bond donors (Lipinski definition) is 1. The van der Waals surface area contributed by atoms with Crippen LogP contribution in [0.2, 0.25) is 0 Å². The molecule has 2 heterocycles. The van der Waals surface area contributed by atoms with Gasteiger partial charge in [0.15, 0.2) is 0 Å². The topological polar surface area (TPSA) is 42.1 Å². The van der Waals surface area contributed by atoms with Gasteiger partial charge in [0, 0.05) is 24.0 Å². The lowest BCUT2D eigenvalue weighted by Crippen LogP contribution is -2.17. The van der Waals surface area contributed by atoms with Gasteiger partial charge in [-0.3, -0.25) is 0 Å². The van der Waals surface area contributed by atoms with Crippen LogP contribution in [0.5, 0.6) is 0 Å². The highest BCUT2D eigenvalue weighted by molar-refractivity contribution is 5.48. The van der Waals surface area contributed by atoms with Crippen LogP contribution in [0.25, 0.3) is 0 Å². The van der Waals surface area contributed by atoms with Crippen molar-refractivity contribution in [3.8, 4) is 0 Å². The summed E-state index contributed by atoms with van der Waals surface area (Å²) in [4.78, 5) is 4.15. The molecule has 0 saturated carbocycles. The molecule has 1 fully saturated rings. The van der Waals surface area contributed by atoms with E-state index in [9.17, 15) is 0 Å². The Morgan fingerprint density at radius 3 is 2.75 bits per heavy atom. The van der Waals surface area contributed by atoms with Crippen LogP contribution < -0.4 is 10.6 Å². The minimum absolute atomic E-state index is 0.0838. The summed E-state index contributed by atoms with van der Waals surface area (Å²) in [6.07, 6.45) is -5.02. The van der Waals surface area contributed by atoms with Crippen molar-refractivity contribution >= 4 is 11.5 Å². The van der Waals surface area contributed by atoms with E-state index in [1.54, 1.807) is 0 Å². The van der Waals surface area contributed by atoms with E-state index in [0.717, 1.165) is 6.20 Å². The van der Waals surface area contributed by atoms with Crippen LogP contribution in [0.4, 0.5) is 11.5 Å². The SMILES string of the molecule is [2H]C1([2H])N(c2ccc(N)nc2)C([2H])([2H])C([2H])([2H])C1([2H])[2H]. The third-order valence-electron chi connectivity index (χ3n) is 1.43. The van der Waals surface area contributed by atoms with Gasteiger partial charge in [-0.05, 0) is 24.9 Å². The fraction of sp³-hybridized carbons (Fsp3) is 0.444. The Morgan fingerprint density at radius 1 is 1.42 bits per heavy atom. The summed E-state index contributed by atoms with van der Waals surface area (Å²) in [6.45, 7) is -5.78. The highest BCUT2D eigenvalue weighted by atomic mass is 15.1. The lowest BCUT2D eigenvalue weighted by atomic mass is 10.4. The monoisotopic (exact) mass is 171 g/mol. The molecule has 0 atom stereocenters. The van der Waals surface area contributed by atoms with Gasteiger partial charge in [0.25, 0.3) is 0 Å². The Balaban J connectivity index is 2.66. The minimum Gasteiger partial charge on any atom is -0.384 e. The number of aromatic nitrogens is 1. The van der Waals surface area contributed by atoms with Crippen molar-refractivity contribution < 1.29 is 11.0 Å². The minimum atomic E-state index is -3.05. The summed E-state index contributed by atoms with van der Waals surface area (Å²) < 4.78 is 61.9. The Bertz CT molecular complexity index is 500. The predicted octanol–water partition coefficient (Wildman–Crippen LogP) is 1.26. The fourth-order valence-corrected chi connectivity index (χ4v) is 0.855. The summed E-state index contributed by atoms with van der Waals surface area (Å²) >= 11 is 0. The Labute approximate surface area is 83.4 Å². The molecule has 0 aliphatic carbocycles.